The van der Waals surface area contributed by atoms with Gasteiger partial charge in [0.2, 0.25) is 0 Å². The minimum Gasteiger partial charge on any atom is -0.396 e. The molecule has 1 N–H and O–H groups in total. The summed E-state index contributed by atoms with van der Waals surface area (Å²) in [5, 5.41) is 18.2. The maximum Gasteiger partial charge on any atom is 0.137 e. The van der Waals surface area contributed by atoms with Crippen LogP contribution in [0, 0.1) is 0 Å². The van der Waals surface area contributed by atoms with E-state index in [0.29, 0.717) is 5.92 Å². The molecule has 1 aromatic heterocycles. The van der Waals surface area contributed by atoms with Crippen molar-refractivity contribution in [2.45, 2.75) is 38.1 Å². The molecule has 2 aliphatic heterocycles. The van der Waals surface area contributed by atoms with Crippen LogP contribution in [0.1, 0.15) is 36.0 Å². The molecule has 1 fully saturated rings. The van der Waals surface area contributed by atoms with Crippen molar-refractivity contribution in [1.82, 2.24) is 24.6 Å². The third-order valence-electron chi connectivity index (χ3n) is 5.98. The summed E-state index contributed by atoms with van der Waals surface area (Å²) >= 11 is 0. The molecule has 0 amide bonds. The van der Waals surface area contributed by atoms with Crippen molar-refractivity contribution < 1.29 is 5.11 Å². The number of likely N-dealkylation sites (tertiary alicyclic amines) is 1. The average Bonchev–Trinajstić information content (AvgIpc) is 3.28. The lowest BCUT2D eigenvalue weighted by Crippen LogP contribution is -2.29. The second kappa shape index (κ2) is 8.95. The van der Waals surface area contributed by atoms with Crippen LogP contribution in [0.4, 0.5) is 0 Å². The molecule has 3 heterocycles. The standard InChI is InChI=1S/C21H31N5O/c27-16-4-10-25-12-8-19(17-25)21-23-22-20-9-13-24(14-15-26(20)21)11-7-18-5-2-1-3-6-18/h1-3,5-6,19,27H,4,7-17H2. The number of benzene rings is 1. The highest BCUT2D eigenvalue weighted by Crippen LogP contribution is 2.27. The van der Waals surface area contributed by atoms with Gasteiger partial charge in [0.15, 0.2) is 0 Å². The monoisotopic (exact) mass is 369 g/mol. The lowest BCUT2D eigenvalue weighted by molar-refractivity contribution is 0.246. The highest BCUT2D eigenvalue weighted by molar-refractivity contribution is 5.15. The third kappa shape index (κ3) is 4.57. The summed E-state index contributed by atoms with van der Waals surface area (Å²) < 4.78 is 2.39. The van der Waals surface area contributed by atoms with Gasteiger partial charge in [-0.2, -0.15) is 0 Å². The summed E-state index contributed by atoms with van der Waals surface area (Å²) in [7, 11) is 0. The fourth-order valence-electron chi connectivity index (χ4n) is 4.39. The number of nitrogens with zero attached hydrogens (tertiary/aromatic N) is 5. The molecular formula is C21H31N5O. The van der Waals surface area contributed by atoms with Gasteiger partial charge in [0.05, 0.1) is 0 Å². The molecule has 2 aromatic rings. The largest absolute Gasteiger partial charge is 0.396 e. The Hall–Kier alpha value is -1.76. The van der Waals surface area contributed by atoms with E-state index in [2.05, 4.69) is 54.9 Å². The van der Waals surface area contributed by atoms with E-state index >= 15 is 0 Å². The number of fused-ring (bicyclic) bond motifs is 1. The number of hydrogen-bond donors (Lipinski definition) is 1. The molecule has 6 heteroatoms. The van der Waals surface area contributed by atoms with Crippen LogP contribution >= 0.6 is 0 Å². The van der Waals surface area contributed by atoms with Gasteiger partial charge in [-0.25, -0.2) is 0 Å². The Kier molecular flexibility index (Phi) is 6.17. The summed E-state index contributed by atoms with van der Waals surface area (Å²) in [6.07, 6.45) is 4.11. The van der Waals surface area contributed by atoms with Gasteiger partial charge in [-0.3, -0.25) is 0 Å². The van der Waals surface area contributed by atoms with Crippen LogP contribution in [0.3, 0.4) is 0 Å². The zero-order valence-electron chi connectivity index (χ0n) is 16.1. The van der Waals surface area contributed by atoms with Crippen LogP contribution < -0.4 is 0 Å². The van der Waals surface area contributed by atoms with Gasteiger partial charge in [-0.1, -0.05) is 30.3 Å². The molecule has 1 atom stereocenters. The van der Waals surface area contributed by atoms with Crippen molar-refractivity contribution in [3.63, 3.8) is 0 Å². The topological polar surface area (TPSA) is 57.4 Å². The van der Waals surface area contributed by atoms with E-state index in [1.54, 1.807) is 0 Å². The average molecular weight is 370 g/mol. The van der Waals surface area contributed by atoms with Crippen LogP contribution in [0.2, 0.25) is 0 Å². The Bertz CT molecular complexity index is 717. The first-order valence-corrected chi connectivity index (χ1v) is 10.3. The van der Waals surface area contributed by atoms with Crippen molar-refractivity contribution in [2.24, 2.45) is 0 Å². The van der Waals surface area contributed by atoms with Gasteiger partial charge in [-0.15, -0.1) is 10.2 Å². The molecule has 1 unspecified atom stereocenters. The molecule has 0 saturated carbocycles. The third-order valence-corrected chi connectivity index (χ3v) is 5.98. The predicted molar refractivity (Wildman–Crippen MR) is 106 cm³/mol. The minimum absolute atomic E-state index is 0.278. The fourth-order valence-corrected chi connectivity index (χ4v) is 4.39. The minimum atomic E-state index is 0.278. The summed E-state index contributed by atoms with van der Waals surface area (Å²) in [5.74, 6) is 2.82. The summed E-state index contributed by atoms with van der Waals surface area (Å²) in [4.78, 5) is 5.01. The van der Waals surface area contributed by atoms with E-state index in [4.69, 9.17) is 5.11 Å². The Labute approximate surface area is 161 Å². The smallest absolute Gasteiger partial charge is 0.137 e. The van der Waals surface area contributed by atoms with E-state index in [9.17, 15) is 0 Å². The lowest BCUT2D eigenvalue weighted by atomic mass is 10.1. The summed E-state index contributed by atoms with van der Waals surface area (Å²) in [6, 6.07) is 10.8. The molecular weight excluding hydrogens is 338 g/mol. The normalized spacial score (nSPS) is 21.3. The SMILES string of the molecule is OCCCN1CCC(c2nnc3n2CCN(CCc2ccccc2)CC3)C1. The Balaban J connectivity index is 1.34. The van der Waals surface area contributed by atoms with Crippen molar-refractivity contribution in [1.29, 1.82) is 0 Å². The molecule has 0 bridgehead atoms. The number of rotatable bonds is 7. The van der Waals surface area contributed by atoms with Crippen molar-refractivity contribution in [3.05, 3.63) is 47.5 Å². The van der Waals surface area contributed by atoms with E-state index in [1.807, 2.05) is 0 Å². The molecule has 2 aliphatic rings. The number of aromatic nitrogens is 3. The summed E-state index contributed by atoms with van der Waals surface area (Å²) in [5.41, 5.74) is 1.41. The predicted octanol–water partition coefficient (Wildman–Crippen LogP) is 1.55. The van der Waals surface area contributed by atoms with Crippen LogP contribution in [-0.4, -0.2) is 75.5 Å². The highest BCUT2D eigenvalue weighted by Gasteiger charge is 2.29. The van der Waals surface area contributed by atoms with E-state index in [1.165, 1.54) is 11.4 Å². The summed E-state index contributed by atoms with van der Waals surface area (Å²) in [6.45, 7) is 7.67. The van der Waals surface area contributed by atoms with Crippen LogP contribution in [0.15, 0.2) is 30.3 Å². The van der Waals surface area contributed by atoms with Crippen LogP contribution in [-0.2, 0) is 19.4 Å². The van der Waals surface area contributed by atoms with Gasteiger partial charge in [-0.05, 0) is 31.4 Å². The Morgan fingerprint density at radius 3 is 2.70 bits per heavy atom. The first-order valence-electron chi connectivity index (χ1n) is 10.3. The van der Waals surface area contributed by atoms with Gasteiger partial charge in [0.1, 0.15) is 11.6 Å². The maximum absolute atomic E-state index is 9.05. The van der Waals surface area contributed by atoms with Gasteiger partial charge in [0.25, 0.3) is 0 Å². The van der Waals surface area contributed by atoms with Crippen molar-refractivity contribution in [2.75, 3.05) is 45.9 Å². The van der Waals surface area contributed by atoms with Crippen molar-refractivity contribution in [3.8, 4) is 0 Å². The first kappa shape index (κ1) is 18.6. The molecule has 6 nitrogen and oxygen atoms in total. The molecule has 146 valence electrons. The van der Waals surface area contributed by atoms with Crippen LogP contribution in [0.25, 0.3) is 0 Å². The first-order chi connectivity index (χ1) is 13.3. The number of hydrogen-bond acceptors (Lipinski definition) is 5. The van der Waals surface area contributed by atoms with Gasteiger partial charge in [0, 0.05) is 58.2 Å². The lowest BCUT2D eigenvalue weighted by Gasteiger charge is -2.20. The number of aliphatic hydroxyl groups excluding tert-OH is 1. The maximum atomic E-state index is 9.05. The number of aliphatic hydroxyl groups is 1. The molecule has 0 aliphatic carbocycles. The zero-order valence-corrected chi connectivity index (χ0v) is 16.1. The molecule has 4 rings (SSSR count). The second-order valence-corrected chi connectivity index (χ2v) is 7.82. The Morgan fingerprint density at radius 1 is 0.963 bits per heavy atom. The quantitative estimate of drug-likeness (QED) is 0.803. The molecule has 1 saturated heterocycles. The molecule has 27 heavy (non-hydrogen) atoms. The second-order valence-electron chi connectivity index (χ2n) is 7.82. The van der Waals surface area contributed by atoms with Gasteiger partial charge < -0.3 is 19.5 Å². The fraction of sp³-hybridized carbons (Fsp3) is 0.619. The Morgan fingerprint density at radius 2 is 1.85 bits per heavy atom. The molecule has 0 radical (unpaired) electrons. The molecule has 1 aromatic carbocycles. The van der Waals surface area contributed by atoms with E-state index in [0.717, 1.165) is 77.3 Å². The highest BCUT2D eigenvalue weighted by atomic mass is 16.3. The van der Waals surface area contributed by atoms with E-state index < -0.39 is 0 Å². The van der Waals surface area contributed by atoms with E-state index in [-0.39, 0.29) is 6.61 Å². The van der Waals surface area contributed by atoms with Gasteiger partial charge >= 0.3 is 0 Å². The van der Waals surface area contributed by atoms with Crippen LogP contribution in [0.5, 0.6) is 0 Å². The van der Waals surface area contributed by atoms with Crippen molar-refractivity contribution >= 4 is 0 Å². The zero-order chi connectivity index (χ0) is 18.5. The molecule has 0 spiro atoms.